The van der Waals surface area contributed by atoms with Crippen LogP contribution in [0.25, 0.3) is 38.6 Å². The molecule has 6 unspecified atom stereocenters. The van der Waals surface area contributed by atoms with Gasteiger partial charge in [-0.2, -0.15) is 0 Å². The van der Waals surface area contributed by atoms with Crippen LogP contribution < -0.4 is 4.74 Å². The zero-order valence-electron chi connectivity index (χ0n) is 29.9. The third-order valence-corrected chi connectivity index (χ3v) is 12.7. The van der Waals surface area contributed by atoms with Gasteiger partial charge < -0.3 is 14.0 Å². The van der Waals surface area contributed by atoms with Gasteiger partial charge in [0.1, 0.15) is 11.5 Å². The topological polar surface area (TPSA) is 23.4 Å². The second kappa shape index (κ2) is 12.6. The second-order valence-electron chi connectivity index (χ2n) is 15.6. The number of aromatic nitrogens is 1. The second-order valence-corrected chi connectivity index (χ2v) is 15.6. The molecular weight excluding hydrogens is 647 g/mol. The Kier molecular flexibility index (Phi) is 7.43. The number of allylic oxidation sites excluding steroid dienone is 10. The Balaban J connectivity index is 1.08. The van der Waals surface area contributed by atoms with E-state index in [1.54, 1.807) is 0 Å². The molecule has 3 heteroatoms. The average Bonchev–Trinajstić information content (AvgIpc) is 3.56. The van der Waals surface area contributed by atoms with Crippen LogP contribution >= 0.6 is 0 Å². The number of para-hydroxylation sites is 2. The highest BCUT2D eigenvalue weighted by Crippen LogP contribution is 2.58. The summed E-state index contributed by atoms with van der Waals surface area (Å²) in [5.41, 5.74) is 11.9. The third-order valence-electron chi connectivity index (χ3n) is 12.7. The fourth-order valence-electron chi connectivity index (χ4n) is 10.4. The first-order valence-electron chi connectivity index (χ1n) is 19.7. The molecule has 11 rings (SSSR count). The fourth-order valence-corrected chi connectivity index (χ4v) is 10.4. The molecule has 260 valence electrons. The highest BCUT2D eigenvalue weighted by molar-refractivity contribution is 6.11. The smallest absolute Gasteiger partial charge is 0.131 e. The molecule has 5 aromatic rings. The Morgan fingerprint density at radius 2 is 1.45 bits per heavy atom. The number of hydrogen-bond acceptors (Lipinski definition) is 2. The van der Waals surface area contributed by atoms with E-state index >= 15 is 0 Å². The van der Waals surface area contributed by atoms with E-state index in [1.165, 1.54) is 73.7 Å². The monoisotopic (exact) mass is 689 g/mol. The van der Waals surface area contributed by atoms with Gasteiger partial charge in [-0.05, 0) is 103 Å². The quantitative estimate of drug-likeness (QED) is 0.187. The Morgan fingerprint density at radius 1 is 0.623 bits per heavy atom. The molecule has 1 fully saturated rings. The maximum Gasteiger partial charge on any atom is 0.131 e. The lowest BCUT2D eigenvalue weighted by Gasteiger charge is -2.51. The standard InChI is InChI=1S/C50H43NO2/c1-3-14-32(15-4-1)36-21-13-25-47-49(36)50(39-20-9-12-24-45(39)53-47)48-38-19-8-11-23-44(38)52-46-29-27-34(31-41(46)48)33-26-28-43-40(30-33)37-18-7-10-22-42(37)51(43)35-16-5-2-6-17-35/h1,3,7-14,16,18-31,39,45,47-50H,2,4-6,15,17H2. The molecule has 0 N–H and O–H groups in total. The fraction of sp³-hybridized carbons (Fsp3) is 0.240. The molecule has 53 heavy (non-hydrogen) atoms. The lowest BCUT2D eigenvalue weighted by atomic mass is 9.59. The first kappa shape index (κ1) is 31.2. The normalized spacial score (nSPS) is 26.9. The van der Waals surface area contributed by atoms with Gasteiger partial charge in [-0.3, -0.25) is 0 Å². The molecule has 0 saturated carbocycles. The molecule has 4 aromatic carbocycles. The maximum absolute atomic E-state index is 6.98. The summed E-state index contributed by atoms with van der Waals surface area (Å²) in [4.78, 5) is 0. The van der Waals surface area contributed by atoms with Gasteiger partial charge >= 0.3 is 0 Å². The summed E-state index contributed by atoms with van der Waals surface area (Å²) in [5, 5.41) is 2.63. The van der Waals surface area contributed by atoms with Gasteiger partial charge in [0.15, 0.2) is 0 Å². The van der Waals surface area contributed by atoms with Crippen molar-refractivity contribution in [3.8, 4) is 22.6 Å². The third kappa shape index (κ3) is 5.05. The number of nitrogens with zero attached hydrogens (tertiary/aromatic N) is 1. The summed E-state index contributed by atoms with van der Waals surface area (Å²) in [6, 6.07) is 31.8. The van der Waals surface area contributed by atoms with E-state index in [-0.39, 0.29) is 35.9 Å². The van der Waals surface area contributed by atoms with Crippen LogP contribution in [-0.2, 0) is 4.74 Å². The van der Waals surface area contributed by atoms with E-state index in [0.717, 1.165) is 37.2 Å². The van der Waals surface area contributed by atoms with Crippen molar-refractivity contribution >= 4 is 27.5 Å². The van der Waals surface area contributed by atoms with E-state index < -0.39 is 0 Å². The van der Waals surface area contributed by atoms with Crippen LogP contribution in [0.1, 0.15) is 55.6 Å². The van der Waals surface area contributed by atoms with Crippen molar-refractivity contribution in [1.29, 1.82) is 0 Å². The van der Waals surface area contributed by atoms with Crippen molar-refractivity contribution in [2.75, 3.05) is 0 Å². The van der Waals surface area contributed by atoms with Crippen LogP contribution in [0.15, 0.2) is 163 Å². The summed E-state index contributed by atoms with van der Waals surface area (Å²) in [7, 11) is 0. The van der Waals surface area contributed by atoms with E-state index in [4.69, 9.17) is 9.47 Å². The predicted octanol–water partition coefficient (Wildman–Crippen LogP) is 12.6. The number of ether oxygens (including phenoxy) is 2. The van der Waals surface area contributed by atoms with Gasteiger partial charge in [-0.1, -0.05) is 115 Å². The van der Waals surface area contributed by atoms with Crippen LogP contribution in [0.5, 0.6) is 11.5 Å². The zero-order chi connectivity index (χ0) is 34.9. The number of fused-ring (bicyclic) bond motifs is 7. The highest BCUT2D eigenvalue weighted by atomic mass is 16.5. The van der Waals surface area contributed by atoms with Crippen LogP contribution in [0, 0.1) is 17.8 Å². The van der Waals surface area contributed by atoms with Gasteiger partial charge in [-0.25, -0.2) is 0 Å². The SMILES string of the molecule is C1=CCCC(C2=CC=CC3OC4C=CC=CC4C(C4c5ccccc5Oc5ccc(-c6ccc7c(c6)c6ccccc6n7C6=CCCCC6)cc54)C23)=C1. The Hall–Kier alpha value is -5.38. The zero-order valence-corrected chi connectivity index (χ0v) is 29.9. The van der Waals surface area contributed by atoms with E-state index in [2.05, 4.69) is 156 Å². The van der Waals surface area contributed by atoms with E-state index in [1.807, 2.05) is 0 Å². The van der Waals surface area contributed by atoms with Crippen LogP contribution in [0.4, 0.5) is 0 Å². The Morgan fingerprint density at radius 3 is 2.38 bits per heavy atom. The molecule has 6 aliphatic rings. The van der Waals surface area contributed by atoms with Gasteiger partial charge in [0.2, 0.25) is 0 Å². The summed E-state index contributed by atoms with van der Waals surface area (Å²) < 4.78 is 16.3. The Bertz CT molecular complexity index is 2520. The van der Waals surface area contributed by atoms with Crippen molar-refractivity contribution in [2.45, 2.75) is 56.7 Å². The molecule has 0 radical (unpaired) electrons. The summed E-state index contributed by atoms with van der Waals surface area (Å²) in [5.74, 6) is 2.74. The average molecular weight is 690 g/mol. The van der Waals surface area contributed by atoms with Crippen molar-refractivity contribution in [1.82, 2.24) is 4.57 Å². The van der Waals surface area contributed by atoms with Crippen molar-refractivity contribution in [3.05, 3.63) is 174 Å². The lowest BCUT2D eigenvalue weighted by molar-refractivity contribution is -0.0857. The first-order valence-corrected chi connectivity index (χ1v) is 19.7. The molecule has 1 saturated heterocycles. The minimum Gasteiger partial charge on any atom is -0.457 e. The predicted molar refractivity (Wildman–Crippen MR) is 217 cm³/mol. The van der Waals surface area contributed by atoms with Crippen molar-refractivity contribution in [3.63, 3.8) is 0 Å². The molecule has 3 heterocycles. The molecule has 2 aliphatic heterocycles. The molecule has 0 bridgehead atoms. The minimum absolute atomic E-state index is 0.00449. The lowest BCUT2D eigenvalue weighted by Crippen LogP contribution is -2.50. The highest BCUT2D eigenvalue weighted by Gasteiger charge is 2.51. The minimum atomic E-state index is 0.00449. The van der Waals surface area contributed by atoms with Gasteiger partial charge in [0, 0.05) is 45.4 Å². The van der Waals surface area contributed by atoms with Crippen LogP contribution in [0.3, 0.4) is 0 Å². The number of benzene rings is 4. The van der Waals surface area contributed by atoms with Crippen molar-refractivity contribution < 1.29 is 9.47 Å². The van der Waals surface area contributed by atoms with E-state index in [9.17, 15) is 0 Å². The molecule has 0 spiro atoms. The molecule has 0 amide bonds. The Labute approximate surface area is 311 Å². The molecule has 6 atom stereocenters. The van der Waals surface area contributed by atoms with Crippen LogP contribution in [-0.4, -0.2) is 16.8 Å². The first-order chi connectivity index (χ1) is 26.3. The van der Waals surface area contributed by atoms with E-state index in [0.29, 0.717) is 0 Å². The largest absolute Gasteiger partial charge is 0.457 e. The summed E-state index contributed by atoms with van der Waals surface area (Å²) in [6.45, 7) is 0. The molecule has 1 aromatic heterocycles. The summed E-state index contributed by atoms with van der Waals surface area (Å²) >= 11 is 0. The molecule has 3 nitrogen and oxygen atoms in total. The number of hydrogen-bond donors (Lipinski definition) is 0. The summed E-state index contributed by atoms with van der Waals surface area (Å²) in [6.07, 6.45) is 32.3. The number of rotatable bonds is 4. The van der Waals surface area contributed by atoms with Gasteiger partial charge in [0.25, 0.3) is 0 Å². The van der Waals surface area contributed by atoms with Crippen LogP contribution in [0.2, 0.25) is 0 Å². The van der Waals surface area contributed by atoms with Crippen molar-refractivity contribution in [2.24, 2.45) is 17.8 Å². The maximum atomic E-state index is 6.98. The molecule has 4 aliphatic carbocycles. The van der Waals surface area contributed by atoms with Gasteiger partial charge in [-0.15, -0.1) is 0 Å². The van der Waals surface area contributed by atoms with Gasteiger partial charge in [0.05, 0.1) is 23.2 Å². The molecular formula is C50H43NO2.